The average Bonchev–Trinajstić information content (AvgIpc) is 3.13. The van der Waals surface area contributed by atoms with Crippen LogP contribution in [0.3, 0.4) is 0 Å². The molecular formula is C41H72NO10P. The van der Waals surface area contributed by atoms with E-state index in [0.29, 0.717) is 12.8 Å². The molecule has 0 aliphatic heterocycles. The number of hydrogen-bond acceptors (Lipinski definition) is 9. The molecule has 53 heavy (non-hydrogen) atoms. The van der Waals surface area contributed by atoms with Crippen molar-refractivity contribution >= 4 is 25.7 Å². The molecule has 0 aliphatic carbocycles. The van der Waals surface area contributed by atoms with E-state index in [1.165, 1.54) is 51.4 Å². The van der Waals surface area contributed by atoms with Crippen molar-refractivity contribution in [1.29, 1.82) is 0 Å². The van der Waals surface area contributed by atoms with Gasteiger partial charge in [-0.1, -0.05) is 120 Å². The molecule has 0 aromatic heterocycles. The quantitative estimate of drug-likeness (QED) is 0.0238. The van der Waals surface area contributed by atoms with Gasteiger partial charge in [-0.15, -0.1) is 0 Å². The third-order valence-electron chi connectivity index (χ3n) is 8.30. The van der Waals surface area contributed by atoms with Crippen molar-refractivity contribution in [2.75, 3.05) is 19.8 Å². The van der Waals surface area contributed by atoms with Crippen molar-refractivity contribution in [3.8, 4) is 0 Å². The standard InChI is InChI=1S/C41H72NO10P/c1-3-5-7-9-11-13-15-17-19-21-23-25-27-29-31-33-40(44)52-37(35-50-53(47,48)51-36-38(42)41(45)46)34-49-39(43)32-30-28-26-24-22-20-18-16-14-12-10-8-6-4-2/h11,13,16-19,23,25,37-38H,3-10,12,14-15,20-22,24,26-36,42H2,1-2H3,(H,45,46)(H,47,48)/b13-11+,18-16+,19-17+,25-23+/t37-,38+/m1/s1. The van der Waals surface area contributed by atoms with Crippen LogP contribution in [0.25, 0.3) is 0 Å². The number of carboxylic acid groups (broad SMARTS) is 1. The topological polar surface area (TPSA) is 172 Å². The summed E-state index contributed by atoms with van der Waals surface area (Å²) < 4.78 is 32.6. The molecule has 0 aliphatic rings. The highest BCUT2D eigenvalue weighted by molar-refractivity contribution is 7.47. The zero-order valence-electron chi connectivity index (χ0n) is 32.8. The second-order valence-corrected chi connectivity index (χ2v) is 14.9. The fourth-order valence-corrected chi connectivity index (χ4v) is 5.84. The molecule has 4 N–H and O–H groups in total. The number of carbonyl (C=O) groups is 3. The van der Waals surface area contributed by atoms with E-state index in [4.69, 9.17) is 24.8 Å². The number of allylic oxidation sites excluding steroid dienone is 8. The maximum Gasteiger partial charge on any atom is 0.472 e. The van der Waals surface area contributed by atoms with E-state index in [1.807, 2.05) is 0 Å². The summed E-state index contributed by atoms with van der Waals surface area (Å²) in [6, 6.07) is -1.53. The number of phosphoric ester groups is 1. The van der Waals surface area contributed by atoms with E-state index < -0.39 is 51.1 Å². The summed E-state index contributed by atoms with van der Waals surface area (Å²) in [5, 5.41) is 8.87. The summed E-state index contributed by atoms with van der Waals surface area (Å²) in [6.45, 7) is 2.70. The molecule has 12 heteroatoms. The largest absolute Gasteiger partial charge is 0.480 e. The summed E-state index contributed by atoms with van der Waals surface area (Å²) in [6.07, 6.45) is 38.9. The second kappa shape index (κ2) is 36.4. The van der Waals surface area contributed by atoms with Crippen molar-refractivity contribution < 1.29 is 47.5 Å². The fourth-order valence-electron chi connectivity index (χ4n) is 5.06. The van der Waals surface area contributed by atoms with E-state index >= 15 is 0 Å². The number of phosphoric acid groups is 1. The first kappa shape index (κ1) is 50.4. The Balaban J connectivity index is 4.51. The smallest absolute Gasteiger partial charge is 0.472 e. The lowest BCUT2D eigenvalue weighted by Crippen LogP contribution is -2.34. The summed E-state index contributed by atoms with van der Waals surface area (Å²) >= 11 is 0. The third kappa shape index (κ3) is 36.2. The minimum atomic E-state index is -4.72. The monoisotopic (exact) mass is 769 g/mol. The molecular weight excluding hydrogens is 697 g/mol. The first-order chi connectivity index (χ1) is 25.6. The van der Waals surface area contributed by atoms with Crippen LogP contribution in [0.5, 0.6) is 0 Å². The van der Waals surface area contributed by atoms with Crippen LogP contribution in [0.15, 0.2) is 48.6 Å². The molecule has 0 amide bonds. The molecule has 0 fully saturated rings. The molecule has 306 valence electrons. The minimum Gasteiger partial charge on any atom is -0.480 e. The Morgan fingerprint density at radius 3 is 1.58 bits per heavy atom. The van der Waals surface area contributed by atoms with Crippen molar-refractivity contribution in [2.24, 2.45) is 5.73 Å². The lowest BCUT2D eigenvalue weighted by atomic mass is 10.1. The lowest BCUT2D eigenvalue weighted by molar-refractivity contribution is -0.161. The molecule has 3 atom stereocenters. The first-order valence-corrected chi connectivity index (χ1v) is 21.7. The number of carboxylic acids is 1. The highest BCUT2D eigenvalue weighted by Gasteiger charge is 2.28. The Morgan fingerprint density at radius 2 is 1.00 bits per heavy atom. The number of ether oxygens (including phenoxy) is 2. The number of aliphatic carboxylic acids is 1. The van der Waals surface area contributed by atoms with Crippen LogP contribution in [0, 0.1) is 0 Å². The minimum absolute atomic E-state index is 0.109. The Labute approximate surface area is 320 Å². The molecule has 0 aromatic carbocycles. The zero-order chi connectivity index (χ0) is 39.3. The lowest BCUT2D eigenvalue weighted by Gasteiger charge is -2.20. The summed E-state index contributed by atoms with van der Waals surface area (Å²) in [7, 11) is -4.72. The van der Waals surface area contributed by atoms with Crippen LogP contribution < -0.4 is 5.73 Å². The molecule has 0 heterocycles. The Kier molecular flexibility index (Phi) is 34.7. The second-order valence-electron chi connectivity index (χ2n) is 13.4. The molecule has 1 unspecified atom stereocenters. The summed E-state index contributed by atoms with van der Waals surface area (Å²) in [4.78, 5) is 45.8. The van der Waals surface area contributed by atoms with Gasteiger partial charge in [0.15, 0.2) is 6.10 Å². The highest BCUT2D eigenvalue weighted by atomic mass is 31.2. The molecule has 11 nitrogen and oxygen atoms in total. The van der Waals surface area contributed by atoms with Crippen molar-refractivity contribution in [3.05, 3.63) is 48.6 Å². The SMILES string of the molecule is CCCCC/C=C/C/C=C/C/C=C/CCCCC(=O)O[C@H](COC(=O)CCCCCCC/C=C/CCCCCCC)COP(=O)(O)OC[C@H](N)C(=O)O. The first-order valence-electron chi connectivity index (χ1n) is 20.2. The normalized spacial score (nSPS) is 14.3. The van der Waals surface area contributed by atoms with Gasteiger partial charge in [0.25, 0.3) is 0 Å². The van der Waals surface area contributed by atoms with Gasteiger partial charge in [0.05, 0.1) is 13.2 Å². The van der Waals surface area contributed by atoms with E-state index in [-0.39, 0.29) is 19.4 Å². The molecule has 0 saturated carbocycles. The number of hydrogen-bond donors (Lipinski definition) is 3. The van der Waals surface area contributed by atoms with E-state index in [0.717, 1.165) is 70.6 Å². The Hall–Kier alpha value is -2.56. The highest BCUT2D eigenvalue weighted by Crippen LogP contribution is 2.43. The van der Waals surface area contributed by atoms with Crippen molar-refractivity contribution in [2.45, 2.75) is 174 Å². The maximum absolute atomic E-state index is 12.6. The van der Waals surface area contributed by atoms with Crippen LogP contribution in [0.2, 0.25) is 0 Å². The molecule has 0 bridgehead atoms. The predicted octanol–water partition coefficient (Wildman–Crippen LogP) is 10.2. The van der Waals surface area contributed by atoms with Crippen LogP contribution in [0.4, 0.5) is 0 Å². The molecule has 0 radical (unpaired) electrons. The van der Waals surface area contributed by atoms with Crippen LogP contribution in [-0.2, 0) is 37.5 Å². The van der Waals surface area contributed by atoms with Crippen LogP contribution in [-0.4, -0.2) is 59.9 Å². The van der Waals surface area contributed by atoms with Gasteiger partial charge < -0.3 is 25.2 Å². The van der Waals surface area contributed by atoms with Crippen LogP contribution in [0.1, 0.15) is 162 Å². The fraction of sp³-hybridized carbons (Fsp3) is 0.732. The van der Waals surface area contributed by atoms with Gasteiger partial charge in [-0.2, -0.15) is 0 Å². The van der Waals surface area contributed by atoms with E-state index in [9.17, 15) is 23.8 Å². The average molecular weight is 770 g/mol. The van der Waals surface area contributed by atoms with Gasteiger partial charge in [-0.25, -0.2) is 4.57 Å². The summed E-state index contributed by atoms with van der Waals surface area (Å²) in [5.41, 5.74) is 5.32. The number of nitrogens with two attached hydrogens (primary N) is 1. The number of rotatable bonds is 37. The van der Waals surface area contributed by atoms with E-state index in [2.05, 4.69) is 67.0 Å². The van der Waals surface area contributed by atoms with E-state index in [1.54, 1.807) is 0 Å². The Bertz CT molecular complexity index is 1090. The van der Waals surface area contributed by atoms with Gasteiger partial charge in [0, 0.05) is 12.8 Å². The van der Waals surface area contributed by atoms with Crippen molar-refractivity contribution in [3.63, 3.8) is 0 Å². The van der Waals surface area contributed by atoms with Gasteiger partial charge in [0.2, 0.25) is 0 Å². The maximum atomic E-state index is 12.6. The van der Waals surface area contributed by atoms with Gasteiger partial charge in [-0.3, -0.25) is 23.4 Å². The molecule has 0 saturated heterocycles. The predicted molar refractivity (Wildman–Crippen MR) is 212 cm³/mol. The van der Waals surface area contributed by atoms with Crippen molar-refractivity contribution in [1.82, 2.24) is 0 Å². The number of carbonyl (C=O) groups excluding carboxylic acids is 2. The zero-order valence-corrected chi connectivity index (χ0v) is 33.7. The third-order valence-corrected chi connectivity index (χ3v) is 9.25. The molecule has 0 spiro atoms. The summed E-state index contributed by atoms with van der Waals surface area (Å²) in [5.74, 6) is -2.44. The number of esters is 2. The van der Waals surface area contributed by atoms with Crippen LogP contribution >= 0.6 is 7.82 Å². The molecule has 0 rings (SSSR count). The molecule has 0 aromatic rings. The van der Waals surface area contributed by atoms with Gasteiger partial charge >= 0.3 is 25.7 Å². The van der Waals surface area contributed by atoms with Gasteiger partial charge in [-0.05, 0) is 77.0 Å². The van der Waals surface area contributed by atoms with Gasteiger partial charge in [0.1, 0.15) is 12.6 Å². The number of unbranched alkanes of at least 4 members (excludes halogenated alkanes) is 15. The Morgan fingerprint density at radius 1 is 0.585 bits per heavy atom.